The number of nitrogens with zero attached hydrogens (tertiary/aromatic N) is 2. The van der Waals surface area contributed by atoms with Crippen molar-refractivity contribution in [2.45, 2.75) is 47.1 Å². The zero-order chi connectivity index (χ0) is 13.8. The van der Waals surface area contributed by atoms with Crippen LogP contribution in [0.1, 0.15) is 39.9 Å². The third-order valence-electron chi connectivity index (χ3n) is 4.58. The minimum Gasteiger partial charge on any atom is -0.335 e. The van der Waals surface area contributed by atoms with E-state index >= 15 is 0 Å². The summed E-state index contributed by atoms with van der Waals surface area (Å²) in [5.41, 5.74) is 0. The Morgan fingerprint density at radius 3 is 2.74 bits per heavy atom. The molecule has 1 N–H and O–H groups in total. The number of aryl methyl sites for hydroxylation is 1. The highest BCUT2D eigenvalue weighted by Crippen LogP contribution is 2.21. The van der Waals surface area contributed by atoms with Crippen molar-refractivity contribution in [2.75, 3.05) is 13.1 Å². The van der Waals surface area contributed by atoms with E-state index in [1.165, 1.54) is 12.2 Å². The van der Waals surface area contributed by atoms with E-state index in [4.69, 9.17) is 0 Å². The van der Waals surface area contributed by atoms with E-state index < -0.39 is 0 Å². The first-order valence-electron chi connectivity index (χ1n) is 7.78. The Kier molecular flexibility index (Phi) is 5.03. The van der Waals surface area contributed by atoms with Crippen molar-refractivity contribution in [1.82, 2.24) is 14.9 Å². The Labute approximate surface area is 117 Å². The molecule has 3 nitrogen and oxygen atoms in total. The second-order valence-corrected chi connectivity index (χ2v) is 6.71. The van der Waals surface area contributed by atoms with Crippen molar-refractivity contribution >= 4 is 0 Å². The third kappa shape index (κ3) is 3.82. The summed E-state index contributed by atoms with van der Waals surface area (Å²) in [4.78, 5) is 4.44. The van der Waals surface area contributed by atoms with Gasteiger partial charge >= 0.3 is 0 Å². The molecule has 0 spiro atoms. The van der Waals surface area contributed by atoms with E-state index in [1.54, 1.807) is 0 Å². The second-order valence-electron chi connectivity index (χ2n) is 6.71. The van der Waals surface area contributed by atoms with Crippen LogP contribution in [0.5, 0.6) is 0 Å². The van der Waals surface area contributed by atoms with Gasteiger partial charge < -0.3 is 9.88 Å². The van der Waals surface area contributed by atoms with Gasteiger partial charge in [-0.1, -0.05) is 27.7 Å². The molecule has 1 atom stereocenters. The molecule has 1 aliphatic heterocycles. The molecule has 0 radical (unpaired) electrons. The van der Waals surface area contributed by atoms with Crippen LogP contribution in [0.3, 0.4) is 0 Å². The molecule has 0 unspecified atom stereocenters. The van der Waals surface area contributed by atoms with Crippen LogP contribution in [0.2, 0.25) is 0 Å². The lowest BCUT2D eigenvalue weighted by Crippen LogP contribution is -2.35. The topological polar surface area (TPSA) is 29.9 Å². The molecule has 0 aromatic carbocycles. The Morgan fingerprint density at radius 1 is 1.32 bits per heavy atom. The van der Waals surface area contributed by atoms with Gasteiger partial charge in [-0.2, -0.15) is 0 Å². The van der Waals surface area contributed by atoms with Gasteiger partial charge in [-0.25, -0.2) is 4.98 Å². The summed E-state index contributed by atoms with van der Waals surface area (Å²) in [7, 11) is 0. The van der Waals surface area contributed by atoms with Gasteiger partial charge in [0.15, 0.2) is 0 Å². The minimum absolute atomic E-state index is 0.759. The van der Waals surface area contributed by atoms with E-state index in [9.17, 15) is 0 Å². The van der Waals surface area contributed by atoms with Gasteiger partial charge in [0.05, 0.1) is 0 Å². The predicted octanol–water partition coefficient (Wildman–Crippen LogP) is 2.96. The molecule has 1 aliphatic rings. The molecule has 1 aromatic rings. The summed E-state index contributed by atoms with van der Waals surface area (Å²) in [6, 6.07) is 0. The molecule has 0 bridgehead atoms. The van der Waals surface area contributed by atoms with Crippen LogP contribution < -0.4 is 5.32 Å². The summed E-state index contributed by atoms with van der Waals surface area (Å²) in [5, 5.41) is 3.70. The highest BCUT2D eigenvalue weighted by Gasteiger charge is 2.21. The molecule has 0 amide bonds. The van der Waals surface area contributed by atoms with Crippen LogP contribution in [0.25, 0.3) is 0 Å². The summed E-state index contributed by atoms with van der Waals surface area (Å²) < 4.78 is 2.29. The van der Waals surface area contributed by atoms with Gasteiger partial charge in [-0.3, -0.25) is 0 Å². The molecule has 1 aromatic heterocycles. The molecular formula is C16H29N3. The Hall–Kier alpha value is -0.830. The fourth-order valence-electron chi connectivity index (χ4n) is 3.29. The number of rotatable bonds is 6. The third-order valence-corrected chi connectivity index (χ3v) is 4.58. The van der Waals surface area contributed by atoms with Crippen LogP contribution >= 0.6 is 0 Å². The van der Waals surface area contributed by atoms with E-state index in [1.807, 2.05) is 6.20 Å². The maximum absolute atomic E-state index is 4.44. The number of nitrogens with one attached hydrogen (secondary N) is 1. The van der Waals surface area contributed by atoms with E-state index in [0.29, 0.717) is 0 Å². The predicted molar refractivity (Wildman–Crippen MR) is 80.1 cm³/mol. The van der Waals surface area contributed by atoms with Crippen LogP contribution in [-0.4, -0.2) is 22.6 Å². The number of fused-ring (bicyclic) bond motifs is 1. The molecule has 0 saturated carbocycles. The average molecular weight is 263 g/mol. The van der Waals surface area contributed by atoms with Crippen molar-refractivity contribution in [1.29, 1.82) is 0 Å². The number of imidazole rings is 1. The smallest absolute Gasteiger partial charge is 0.108 e. The number of hydrogen-bond donors (Lipinski definition) is 1. The Balaban J connectivity index is 1.75. The first kappa shape index (κ1) is 14.6. The van der Waals surface area contributed by atoms with E-state index in [2.05, 4.69) is 48.8 Å². The van der Waals surface area contributed by atoms with Gasteiger partial charge in [-0.05, 0) is 43.2 Å². The fraction of sp³-hybridized carbons (Fsp3) is 0.812. The van der Waals surface area contributed by atoms with Crippen molar-refractivity contribution in [3.63, 3.8) is 0 Å². The molecule has 108 valence electrons. The Bertz CT molecular complexity index is 373. The summed E-state index contributed by atoms with van der Waals surface area (Å²) in [6.45, 7) is 12.8. The highest BCUT2D eigenvalue weighted by molar-refractivity contribution is 4.97. The fourth-order valence-corrected chi connectivity index (χ4v) is 3.29. The van der Waals surface area contributed by atoms with Gasteiger partial charge in [0.1, 0.15) is 5.82 Å². The molecule has 2 rings (SSSR count). The molecule has 3 heteroatoms. The van der Waals surface area contributed by atoms with Gasteiger partial charge in [0, 0.05) is 25.4 Å². The second kappa shape index (κ2) is 6.56. The minimum atomic E-state index is 0.759. The lowest BCUT2D eigenvalue weighted by atomic mass is 9.85. The lowest BCUT2D eigenvalue weighted by molar-refractivity contribution is 0.263. The normalized spacial score (nSPS) is 19.4. The van der Waals surface area contributed by atoms with Crippen molar-refractivity contribution in [2.24, 2.45) is 23.7 Å². The van der Waals surface area contributed by atoms with E-state index in [0.717, 1.165) is 49.7 Å². The summed E-state index contributed by atoms with van der Waals surface area (Å²) in [5.74, 6) is 4.33. The standard InChI is InChI=1S/C16H29N3/c1-12(2)15(13(3)4)11-17-10-14-5-7-19-8-6-18-16(19)9-14/h6,8,12-15,17H,5,7,9-11H2,1-4H3/t14-/m0/s1. The number of aromatic nitrogens is 2. The highest BCUT2D eigenvalue weighted by atomic mass is 15.1. The zero-order valence-electron chi connectivity index (χ0n) is 12.9. The van der Waals surface area contributed by atoms with Crippen LogP contribution in [-0.2, 0) is 13.0 Å². The van der Waals surface area contributed by atoms with Gasteiger partial charge in [-0.15, -0.1) is 0 Å². The number of hydrogen-bond acceptors (Lipinski definition) is 2. The SMILES string of the molecule is CC(C)C(CNC[C@H]1CCn2ccnc2C1)C(C)C. The molecular weight excluding hydrogens is 234 g/mol. The monoisotopic (exact) mass is 263 g/mol. The van der Waals surface area contributed by atoms with Crippen LogP contribution in [0.4, 0.5) is 0 Å². The largest absolute Gasteiger partial charge is 0.335 e. The first-order valence-corrected chi connectivity index (χ1v) is 7.78. The Morgan fingerprint density at radius 2 is 2.05 bits per heavy atom. The first-order chi connectivity index (χ1) is 9.08. The van der Waals surface area contributed by atoms with Crippen molar-refractivity contribution < 1.29 is 0 Å². The molecule has 2 heterocycles. The molecule has 0 aliphatic carbocycles. The molecule has 19 heavy (non-hydrogen) atoms. The molecule has 0 fully saturated rings. The summed E-state index contributed by atoms with van der Waals surface area (Å²) in [6.07, 6.45) is 6.45. The van der Waals surface area contributed by atoms with Gasteiger partial charge in [0.25, 0.3) is 0 Å². The summed E-state index contributed by atoms with van der Waals surface area (Å²) >= 11 is 0. The van der Waals surface area contributed by atoms with Crippen LogP contribution in [0, 0.1) is 23.7 Å². The maximum Gasteiger partial charge on any atom is 0.108 e. The van der Waals surface area contributed by atoms with Crippen molar-refractivity contribution in [3.8, 4) is 0 Å². The molecule has 0 saturated heterocycles. The quantitative estimate of drug-likeness (QED) is 0.855. The van der Waals surface area contributed by atoms with Crippen molar-refractivity contribution in [3.05, 3.63) is 18.2 Å². The van der Waals surface area contributed by atoms with Crippen LogP contribution in [0.15, 0.2) is 12.4 Å². The average Bonchev–Trinajstić information content (AvgIpc) is 2.80. The lowest BCUT2D eigenvalue weighted by Gasteiger charge is -2.28. The maximum atomic E-state index is 4.44. The van der Waals surface area contributed by atoms with E-state index in [-0.39, 0.29) is 0 Å². The van der Waals surface area contributed by atoms with Gasteiger partial charge in [0.2, 0.25) is 0 Å². The zero-order valence-corrected chi connectivity index (χ0v) is 12.9.